The number of ether oxygens (including phenoxy) is 1. The zero-order valence-corrected chi connectivity index (χ0v) is 17.6. The van der Waals surface area contributed by atoms with Crippen molar-refractivity contribution in [2.24, 2.45) is 0 Å². The Hall–Kier alpha value is -2.25. The minimum absolute atomic E-state index is 0.106. The first-order valence-corrected chi connectivity index (χ1v) is 10.1. The maximum absolute atomic E-state index is 12.6. The van der Waals surface area contributed by atoms with E-state index in [1.165, 1.54) is 11.8 Å². The Morgan fingerprint density at radius 2 is 2.00 bits per heavy atom. The number of benzene rings is 2. The Morgan fingerprint density at radius 1 is 1.26 bits per heavy atom. The van der Waals surface area contributed by atoms with Crippen LogP contribution in [0.5, 0.6) is 5.75 Å². The number of aromatic amines is 1. The van der Waals surface area contributed by atoms with Gasteiger partial charge in [-0.15, -0.1) is 0 Å². The van der Waals surface area contributed by atoms with Crippen molar-refractivity contribution in [1.29, 1.82) is 0 Å². The fourth-order valence-corrected chi connectivity index (χ4v) is 3.56. The van der Waals surface area contributed by atoms with Gasteiger partial charge >= 0.3 is 0 Å². The number of carbonyl (C=O) groups is 1. The molecule has 0 bridgehead atoms. The number of H-pyrrole nitrogens is 1. The van der Waals surface area contributed by atoms with Crippen LogP contribution >= 0.6 is 27.7 Å². The molecule has 3 rings (SSSR count). The average Bonchev–Trinajstić information content (AvgIpc) is 3.11. The zero-order chi connectivity index (χ0) is 19.4. The van der Waals surface area contributed by atoms with E-state index in [-0.39, 0.29) is 11.2 Å². The lowest BCUT2D eigenvalue weighted by Gasteiger charge is -2.14. The Kier molecular flexibility index (Phi) is 6.23. The fourth-order valence-electron chi connectivity index (χ4n) is 2.51. The lowest BCUT2D eigenvalue weighted by Crippen LogP contribution is -2.22. The number of carbonyl (C=O) groups excluding carboxylic acids is 1. The molecule has 1 heterocycles. The molecule has 0 saturated heterocycles. The van der Waals surface area contributed by atoms with Crippen molar-refractivity contribution in [3.05, 3.63) is 58.7 Å². The number of nitrogens with zero attached hydrogens (tertiary/aromatic N) is 1. The van der Waals surface area contributed by atoms with Gasteiger partial charge in [0.05, 0.1) is 29.9 Å². The first-order chi connectivity index (χ1) is 13.0. The third kappa shape index (κ3) is 4.93. The molecule has 0 radical (unpaired) electrons. The molecule has 1 unspecified atom stereocenters. The largest absolute Gasteiger partial charge is 0.495 e. The van der Waals surface area contributed by atoms with Crippen LogP contribution in [0.2, 0.25) is 0 Å². The number of hydrogen-bond donors (Lipinski definition) is 2. The molecule has 0 aliphatic heterocycles. The number of aromatic nitrogens is 2. The van der Waals surface area contributed by atoms with Gasteiger partial charge in [-0.25, -0.2) is 4.98 Å². The quantitative estimate of drug-likeness (QED) is 0.506. The van der Waals surface area contributed by atoms with Crippen LogP contribution in [0.1, 0.15) is 12.5 Å². The van der Waals surface area contributed by atoms with E-state index in [0.29, 0.717) is 16.6 Å². The highest BCUT2D eigenvalue weighted by atomic mass is 79.9. The fraction of sp³-hybridized carbons (Fsp3) is 0.200. The summed E-state index contributed by atoms with van der Waals surface area (Å²) in [5, 5.41) is 3.32. The van der Waals surface area contributed by atoms with Crippen molar-refractivity contribution in [1.82, 2.24) is 9.97 Å². The van der Waals surface area contributed by atoms with Gasteiger partial charge in [0, 0.05) is 4.47 Å². The summed E-state index contributed by atoms with van der Waals surface area (Å²) in [6.07, 6.45) is 1.78. The number of amides is 1. The molecule has 0 aliphatic rings. The van der Waals surface area contributed by atoms with Crippen LogP contribution in [0, 0.1) is 6.92 Å². The minimum Gasteiger partial charge on any atom is -0.495 e. The lowest BCUT2D eigenvalue weighted by atomic mass is 10.2. The molecule has 7 heteroatoms. The molecule has 0 fully saturated rings. The van der Waals surface area contributed by atoms with Gasteiger partial charge < -0.3 is 15.0 Å². The number of halogens is 1. The first-order valence-electron chi connectivity index (χ1n) is 8.39. The van der Waals surface area contributed by atoms with Crippen LogP contribution < -0.4 is 10.1 Å². The summed E-state index contributed by atoms with van der Waals surface area (Å²) in [6.45, 7) is 3.82. The second-order valence-corrected chi connectivity index (χ2v) is 8.31. The molecule has 0 spiro atoms. The number of nitrogens with one attached hydrogen (secondary N) is 2. The topological polar surface area (TPSA) is 67.0 Å². The summed E-state index contributed by atoms with van der Waals surface area (Å²) in [7, 11) is 1.59. The first kappa shape index (κ1) is 19.5. The zero-order valence-electron chi connectivity index (χ0n) is 15.2. The molecule has 1 amide bonds. The smallest absolute Gasteiger partial charge is 0.237 e. The summed E-state index contributed by atoms with van der Waals surface area (Å²) in [4.78, 5) is 20.2. The third-order valence-electron chi connectivity index (χ3n) is 3.98. The summed E-state index contributed by atoms with van der Waals surface area (Å²) in [5.74, 6) is 0.534. The third-order valence-corrected chi connectivity index (χ3v) is 5.51. The van der Waals surface area contributed by atoms with Gasteiger partial charge in [0.2, 0.25) is 5.91 Å². The van der Waals surface area contributed by atoms with Crippen molar-refractivity contribution in [3.8, 4) is 17.0 Å². The van der Waals surface area contributed by atoms with Crippen molar-refractivity contribution >= 4 is 39.3 Å². The summed E-state index contributed by atoms with van der Waals surface area (Å²) < 4.78 is 6.34. The molecule has 2 aromatic carbocycles. The van der Waals surface area contributed by atoms with Gasteiger partial charge in [0.25, 0.3) is 0 Å². The number of imidazole rings is 1. The highest BCUT2D eigenvalue weighted by Gasteiger charge is 2.18. The van der Waals surface area contributed by atoms with Gasteiger partial charge in [-0.2, -0.15) is 0 Å². The second-order valence-electron chi connectivity index (χ2n) is 6.06. The normalized spacial score (nSPS) is 11.9. The molecule has 2 N–H and O–H groups in total. The molecule has 1 aromatic heterocycles. The molecular weight excluding hydrogens is 426 g/mol. The number of aryl methyl sites for hydroxylation is 1. The maximum Gasteiger partial charge on any atom is 0.237 e. The van der Waals surface area contributed by atoms with Crippen LogP contribution in [0.15, 0.2) is 58.3 Å². The number of thioether (sulfide) groups is 1. The highest BCUT2D eigenvalue weighted by Crippen LogP contribution is 2.28. The van der Waals surface area contributed by atoms with E-state index in [2.05, 4.69) is 31.2 Å². The van der Waals surface area contributed by atoms with E-state index in [0.717, 1.165) is 21.3 Å². The molecule has 1 atom stereocenters. The van der Waals surface area contributed by atoms with Gasteiger partial charge in [-0.1, -0.05) is 45.9 Å². The van der Waals surface area contributed by atoms with Crippen molar-refractivity contribution in [3.63, 3.8) is 0 Å². The van der Waals surface area contributed by atoms with Crippen LogP contribution in [-0.2, 0) is 4.79 Å². The highest BCUT2D eigenvalue weighted by molar-refractivity contribution is 9.10. The number of anilines is 1. The summed E-state index contributed by atoms with van der Waals surface area (Å²) >= 11 is 4.81. The molecule has 27 heavy (non-hydrogen) atoms. The summed E-state index contributed by atoms with van der Waals surface area (Å²) in [5.41, 5.74) is 3.68. The second kappa shape index (κ2) is 8.63. The van der Waals surface area contributed by atoms with E-state index in [1.807, 2.05) is 56.3 Å². The Balaban J connectivity index is 1.67. The van der Waals surface area contributed by atoms with E-state index < -0.39 is 0 Å². The SMILES string of the molecule is COc1ccc(C)cc1NC(=O)C(C)Sc1ncc(-c2ccc(Br)cc2)[nH]1. The monoisotopic (exact) mass is 445 g/mol. The molecule has 0 saturated carbocycles. The maximum atomic E-state index is 12.6. The van der Waals surface area contributed by atoms with Gasteiger partial charge in [0.15, 0.2) is 5.16 Å². The lowest BCUT2D eigenvalue weighted by molar-refractivity contribution is -0.115. The molecule has 0 aliphatic carbocycles. The number of hydrogen-bond acceptors (Lipinski definition) is 4. The van der Waals surface area contributed by atoms with Gasteiger partial charge in [-0.05, 0) is 49.2 Å². The van der Waals surface area contributed by atoms with E-state index in [1.54, 1.807) is 13.3 Å². The van der Waals surface area contributed by atoms with Crippen molar-refractivity contribution in [2.45, 2.75) is 24.3 Å². The van der Waals surface area contributed by atoms with Gasteiger partial charge in [0.1, 0.15) is 5.75 Å². The van der Waals surface area contributed by atoms with E-state index in [9.17, 15) is 4.79 Å². The molecule has 5 nitrogen and oxygen atoms in total. The number of rotatable bonds is 6. The Bertz CT molecular complexity index is 941. The van der Waals surface area contributed by atoms with Crippen molar-refractivity contribution < 1.29 is 9.53 Å². The standard InChI is InChI=1S/C20H20BrN3O2S/c1-12-4-9-18(26-3)16(10-12)23-19(25)13(2)27-20-22-11-17(24-20)14-5-7-15(21)8-6-14/h4-11,13H,1-3H3,(H,22,24)(H,23,25). The van der Waals surface area contributed by atoms with E-state index in [4.69, 9.17) is 4.74 Å². The summed E-state index contributed by atoms with van der Waals surface area (Å²) in [6, 6.07) is 13.7. The Labute approximate surface area is 171 Å². The van der Waals surface area contributed by atoms with E-state index >= 15 is 0 Å². The van der Waals surface area contributed by atoms with Crippen molar-refractivity contribution in [2.75, 3.05) is 12.4 Å². The van der Waals surface area contributed by atoms with Gasteiger partial charge in [-0.3, -0.25) is 4.79 Å². The van der Waals surface area contributed by atoms with Crippen LogP contribution in [0.3, 0.4) is 0 Å². The average molecular weight is 446 g/mol. The molecule has 140 valence electrons. The number of methoxy groups -OCH3 is 1. The Morgan fingerprint density at radius 3 is 2.70 bits per heavy atom. The predicted molar refractivity (Wildman–Crippen MR) is 113 cm³/mol. The van der Waals surface area contributed by atoms with Crippen LogP contribution in [0.4, 0.5) is 5.69 Å². The molecule has 3 aromatic rings. The van der Waals surface area contributed by atoms with Crippen LogP contribution in [-0.4, -0.2) is 28.2 Å². The van der Waals surface area contributed by atoms with Crippen LogP contribution in [0.25, 0.3) is 11.3 Å². The minimum atomic E-state index is -0.320. The predicted octanol–water partition coefficient (Wildman–Crippen LogP) is 5.28. The molecular formula is C20H20BrN3O2S.